The fourth-order valence-corrected chi connectivity index (χ4v) is 3.20. The molecule has 25 heavy (non-hydrogen) atoms. The molecule has 0 spiro atoms. The van der Waals surface area contributed by atoms with Crippen LogP contribution in [0.1, 0.15) is 48.3 Å². The van der Waals surface area contributed by atoms with Crippen molar-refractivity contribution in [3.05, 3.63) is 41.5 Å². The van der Waals surface area contributed by atoms with Crippen molar-refractivity contribution in [3.8, 4) is 0 Å². The molecule has 1 aliphatic heterocycles. The van der Waals surface area contributed by atoms with Gasteiger partial charge in [0.1, 0.15) is 5.69 Å². The Labute approximate surface area is 148 Å². The van der Waals surface area contributed by atoms with Gasteiger partial charge in [-0.05, 0) is 51.2 Å². The second-order valence-corrected chi connectivity index (χ2v) is 7.50. The minimum atomic E-state index is -0.495. The molecular weight excluding hydrogens is 316 g/mol. The van der Waals surface area contributed by atoms with E-state index in [-0.39, 0.29) is 5.91 Å². The molecule has 1 atom stereocenters. The molecule has 2 aromatic heterocycles. The van der Waals surface area contributed by atoms with Gasteiger partial charge < -0.3 is 10.6 Å². The number of likely N-dealkylation sites (tertiary alicyclic amines) is 1. The Kier molecular flexibility index (Phi) is 4.85. The van der Waals surface area contributed by atoms with Gasteiger partial charge in [-0.15, -0.1) is 5.10 Å². The molecule has 1 fully saturated rings. The third kappa shape index (κ3) is 4.04. The van der Waals surface area contributed by atoms with Gasteiger partial charge in [-0.3, -0.25) is 14.5 Å². The monoisotopic (exact) mass is 342 g/mol. The highest BCUT2D eigenvalue weighted by atomic mass is 16.2. The highest BCUT2D eigenvalue weighted by Gasteiger charge is 2.26. The molecule has 2 aromatic rings. The largest absolute Gasteiger partial charge is 0.338 e. The van der Waals surface area contributed by atoms with Crippen molar-refractivity contribution in [3.63, 3.8) is 0 Å². The zero-order valence-electron chi connectivity index (χ0n) is 15.1. The minimum absolute atomic E-state index is 0.0673. The van der Waals surface area contributed by atoms with Crippen LogP contribution in [0.4, 0.5) is 0 Å². The van der Waals surface area contributed by atoms with E-state index in [2.05, 4.69) is 15.3 Å². The van der Waals surface area contributed by atoms with Crippen LogP contribution in [0.2, 0.25) is 0 Å². The number of amides is 1. The maximum atomic E-state index is 12.8. The lowest BCUT2D eigenvalue weighted by Gasteiger charge is -2.33. The number of nitrogens with two attached hydrogens (primary N) is 1. The van der Waals surface area contributed by atoms with E-state index in [4.69, 9.17) is 5.73 Å². The molecule has 3 rings (SSSR count). The van der Waals surface area contributed by atoms with Crippen LogP contribution in [0.5, 0.6) is 0 Å². The molecule has 1 amide bonds. The van der Waals surface area contributed by atoms with Gasteiger partial charge in [0.2, 0.25) is 0 Å². The van der Waals surface area contributed by atoms with Gasteiger partial charge in [0.25, 0.3) is 5.91 Å². The third-order valence-electron chi connectivity index (χ3n) is 4.72. The maximum Gasteiger partial charge on any atom is 0.255 e. The first-order valence-corrected chi connectivity index (χ1v) is 8.74. The summed E-state index contributed by atoms with van der Waals surface area (Å²) in [6.45, 7) is 8.05. The number of carbonyl (C=O) groups is 1. The zero-order chi connectivity index (χ0) is 18.0. The average Bonchev–Trinajstić information content (AvgIpc) is 3.04. The van der Waals surface area contributed by atoms with Crippen LogP contribution in [0, 0.1) is 12.8 Å². The summed E-state index contributed by atoms with van der Waals surface area (Å²) in [5.41, 5.74) is 8.01. The van der Waals surface area contributed by atoms with Gasteiger partial charge in [0, 0.05) is 32.0 Å². The fourth-order valence-electron chi connectivity index (χ4n) is 3.20. The lowest BCUT2D eigenvalue weighted by Crippen LogP contribution is -2.41. The number of carbonyl (C=O) groups excluding carboxylic acids is 1. The third-order valence-corrected chi connectivity index (χ3v) is 4.72. The van der Waals surface area contributed by atoms with Gasteiger partial charge in [-0.2, -0.15) is 0 Å². The van der Waals surface area contributed by atoms with Crippen molar-refractivity contribution in [1.82, 2.24) is 24.9 Å². The molecule has 7 nitrogen and oxygen atoms in total. The van der Waals surface area contributed by atoms with E-state index in [0.717, 1.165) is 43.7 Å². The Hall–Kier alpha value is -2.28. The summed E-state index contributed by atoms with van der Waals surface area (Å²) in [5.74, 6) is 0.433. The molecule has 0 aromatic carbocycles. The molecule has 2 N–H and O–H groups in total. The second-order valence-electron chi connectivity index (χ2n) is 7.50. The van der Waals surface area contributed by atoms with Crippen molar-refractivity contribution < 1.29 is 4.79 Å². The Bertz CT molecular complexity index is 748. The average molecular weight is 342 g/mol. The van der Waals surface area contributed by atoms with Crippen LogP contribution in [0.3, 0.4) is 0 Å². The van der Waals surface area contributed by atoms with Crippen molar-refractivity contribution in [2.24, 2.45) is 11.7 Å². The number of piperidine rings is 1. The van der Waals surface area contributed by atoms with Crippen LogP contribution in [0.15, 0.2) is 24.7 Å². The maximum absolute atomic E-state index is 12.8. The number of aryl methyl sites for hydroxylation is 1. The molecule has 3 heterocycles. The summed E-state index contributed by atoms with van der Waals surface area (Å²) in [6.07, 6.45) is 7.36. The standard InChI is InChI=1S/C18H26N6O/c1-13-6-7-20-9-15(13)17(25)23-8-4-5-14(10-23)11-24-12-16(21-22-24)18(2,3)19/h6-7,9,12,14H,4-5,8,10-11,19H2,1-3H3/t14-/m0/s1. The van der Waals surface area contributed by atoms with Crippen LogP contribution < -0.4 is 5.73 Å². The number of aromatic nitrogens is 4. The van der Waals surface area contributed by atoms with Crippen molar-refractivity contribution in [2.75, 3.05) is 13.1 Å². The van der Waals surface area contributed by atoms with Crippen LogP contribution in [-0.2, 0) is 12.1 Å². The predicted molar refractivity (Wildman–Crippen MR) is 94.8 cm³/mol. The van der Waals surface area contributed by atoms with Gasteiger partial charge in [-0.25, -0.2) is 0 Å². The summed E-state index contributed by atoms with van der Waals surface area (Å²) in [4.78, 5) is 18.8. The molecule has 0 unspecified atom stereocenters. The quantitative estimate of drug-likeness (QED) is 0.914. The molecule has 0 radical (unpaired) electrons. The molecule has 7 heteroatoms. The van der Waals surface area contributed by atoms with Gasteiger partial charge in [0.05, 0.1) is 17.3 Å². The fraction of sp³-hybridized carbons (Fsp3) is 0.556. The lowest BCUT2D eigenvalue weighted by atomic mass is 9.97. The first-order chi connectivity index (χ1) is 11.8. The highest BCUT2D eigenvalue weighted by molar-refractivity contribution is 5.95. The van der Waals surface area contributed by atoms with Crippen molar-refractivity contribution in [2.45, 2.75) is 45.7 Å². The van der Waals surface area contributed by atoms with Gasteiger partial charge in [-0.1, -0.05) is 5.21 Å². The van der Waals surface area contributed by atoms with E-state index in [9.17, 15) is 4.79 Å². The Morgan fingerprint density at radius 1 is 1.44 bits per heavy atom. The molecule has 1 aliphatic rings. The smallest absolute Gasteiger partial charge is 0.255 e. The summed E-state index contributed by atoms with van der Waals surface area (Å²) in [7, 11) is 0. The van der Waals surface area contributed by atoms with Crippen molar-refractivity contribution >= 4 is 5.91 Å². The van der Waals surface area contributed by atoms with E-state index in [1.54, 1.807) is 12.4 Å². The predicted octanol–water partition coefficient (Wildman–Crippen LogP) is 1.73. The van der Waals surface area contributed by atoms with Crippen LogP contribution >= 0.6 is 0 Å². The summed E-state index contributed by atoms with van der Waals surface area (Å²) in [6, 6.07) is 1.88. The summed E-state index contributed by atoms with van der Waals surface area (Å²) < 4.78 is 1.85. The van der Waals surface area contributed by atoms with E-state index in [1.165, 1.54) is 0 Å². The topological polar surface area (TPSA) is 89.9 Å². The normalized spacial score (nSPS) is 18.4. The minimum Gasteiger partial charge on any atom is -0.338 e. The van der Waals surface area contributed by atoms with Crippen molar-refractivity contribution in [1.29, 1.82) is 0 Å². The molecule has 1 saturated heterocycles. The molecule has 0 aliphatic carbocycles. The SMILES string of the molecule is Cc1ccncc1C(=O)N1CCC[C@H](Cn2cc(C(C)(C)N)nn2)C1. The van der Waals surface area contributed by atoms with Crippen LogP contribution in [-0.4, -0.2) is 43.9 Å². The highest BCUT2D eigenvalue weighted by Crippen LogP contribution is 2.21. The van der Waals surface area contributed by atoms with E-state index >= 15 is 0 Å². The Morgan fingerprint density at radius 2 is 2.24 bits per heavy atom. The summed E-state index contributed by atoms with van der Waals surface area (Å²) >= 11 is 0. The number of nitrogens with zero attached hydrogens (tertiary/aromatic N) is 5. The molecular formula is C18H26N6O. The number of pyridine rings is 1. The van der Waals surface area contributed by atoms with E-state index in [1.807, 2.05) is 42.6 Å². The molecule has 0 bridgehead atoms. The lowest BCUT2D eigenvalue weighted by molar-refractivity contribution is 0.0658. The molecule has 0 saturated carbocycles. The van der Waals surface area contributed by atoms with Crippen LogP contribution in [0.25, 0.3) is 0 Å². The number of hydrogen-bond acceptors (Lipinski definition) is 5. The Morgan fingerprint density at radius 3 is 2.92 bits per heavy atom. The second kappa shape index (κ2) is 6.92. The van der Waals surface area contributed by atoms with Gasteiger partial charge >= 0.3 is 0 Å². The number of hydrogen-bond donors (Lipinski definition) is 1. The first kappa shape index (κ1) is 17.5. The van der Waals surface area contributed by atoms with E-state index < -0.39 is 5.54 Å². The Balaban J connectivity index is 1.66. The molecule has 134 valence electrons. The zero-order valence-corrected chi connectivity index (χ0v) is 15.1. The van der Waals surface area contributed by atoms with E-state index in [0.29, 0.717) is 11.5 Å². The van der Waals surface area contributed by atoms with Gasteiger partial charge in [0.15, 0.2) is 0 Å². The summed E-state index contributed by atoms with van der Waals surface area (Å²) in [5, 5.41) is 8.36. The first-order valence-electron chi connectivity index (χ1n) is 8.74. The number of rotatable bonds is 4.